The lowest BCUT2D eigenvalue weighted by atomic mass is 9.66. The molecule has 0 radical (unpaired) electrons. The summed E-state index contributed by atoms with van der Waals surface area (Å²) in [5.41, 5.74) is 5.55. The van der Waals surface area contributed by atoms with Gasteiger partial charge in [-0.05, 0) is 118 Å². The molecule has 0 bridgehead atoms. The molecule has 2 saturated carbocycles. The van der Waals surface area contributed by atoms with E-state index in [0.717, 1.165) is 81.1 Å². The molecule has 258 valence electrons. The number of benzene rings is 2. The molecule has 0 amide bonds. The third-order valence-electron chi connectivity index (χ3n) is 11.7. The maximum Gasteiger partial charge on any atom is 0.165 e. The molecule has 2 fully saturated rings. The number of carbonyl (C=O) groups excluding carboxylic acids is 3. The predicted molar refractivity (Wildman–Crippen MR) is 196 cm³/mol. The molecular weight excluding hydrogens is 592 g/mol. The highest BCUT2D eigenvalue weighted by Crippen LogP contribution is 2.45. The Labute approximate surface area is 289 Å². The zero-order chi connectivity index (χ0) is 34.0. The van der Waals surface area contributed by atoms with Crippen molar-refractivity contribution in [3.8, 4) is 5.75 Å². The first-order valence-electron chi connectivity index (χ1n) is 19.0. The largest absolute Gasteiger partial charge is 0.496 e. The fourth-order valence-electron chi connectivity index (χ4n) is 8.90. The predicted octanol–water partition coefficient (Wildman–Crippen LogP) is 10.8. The van der Waals surface area contributed by atoms with Crippen LogP contribution in [0.15, 0.2) is 66.3 Å². The van der Waals surface area contributed by atoms with Crippen molar-refractivity contribution in [1.29, 1.82) is 0 Å². The molecule has 0 N–H and O–H groups in total. The highest BCUT2D eigenvalue weighted by atomic mass is 16.5. The van der Waals surface area contributed by atoms with Crippen LogP contribution in [-0.4, -0.2) is 24.5 Å². The lowest BCUT2D eigenvalue weighted by molar-refractivity contribution is -0.121. The van der Waals surface area contributed by atoms with Crippen LogP contribution in [0.1, 0.15) is 137 Å². The van der Waals surface area contributed by atoms with Crippen LogP contribution in [0.4, 0.5) is 0 Å². The minimum atomic E-state index is -0.167. The van der Waals surface area contributed by atoms with Gasteiger partial charge in [-0.1, -0.05) is 87.7 Å². The smallest absolute Gasteiger partial charge is 0.165 e. The van der Waals surface area contributed by atoms with E-state index in [9.17, 15) is 14.4 Å². The summed E-state index contributed by atoms with van der Waals surface area (Å²) in [6, 6.07) is 14.8. The molecule has 48 heavy (non-hydrogen) atoms. The van der Waals surface area contributed by atoms with Crippen molar-refractivity contribution >= 4 is 17.3 Å². The van der Waals surface area contributed by atoms with Crippen LogP contribution in [0.5, 0.6) is 5.75 Å². The van der Waals surface area contributed by atoms with Gasteiger partial charge in [-0.15, -0.1) is 0 Å². The zero-order valence-corrected chi connectivity index (χ0v) is 30.0. The molecule has 0 aliphatic heterocycles. The Morgan fingerprint density at radius 2 is 1.77 bits per heavy atom. The van der Waals surface area contributed by atoms with E-state index in [0.29, 0.717) is 35.5 Å². The molecule has 2 aromatic carbocycles. The number of ether oxygens (including phenoxy) is 1. The Hall–Kier alpha value is -3.27. The maximum atomic E-state index is 13.8. The van der Waals surface area contributed by atoms with Crippen molar-refractivity contribution in [3.63, 3.8) is 0 Å². The van der Waals surface area contributed by atoms with Gasteiger partial charge in [0.05, 0.1) is 7.11 Å². The second kappa shape index (κ2) is 17.4. The van der Waals surface area contributed by atoms with Crippen LogP contribution in [0.25, 0.3) is 0 Å². The van der Waals surface area contributed by atoms with Crippen LogP contribution >= 0.6 is 0 Å². The van der Waals surface area contributed by atoms with Gasteiger partial charge >= 0.3 is 0 Å². The number of hydrogen-bond donors (Lipinski definition) is 0. The molecule has 3 aliphatic carbocycles. The minimum absolute atomic E-state index is 0.148. The first kappa shape index (κ1) is 36.0. The van der Waals surface area contributed by atoms with Crippen LogP contribution in [0.2, 0.25) is 0 Å². The number of methoxy groups -OCH3 is 1. The Bertz CT molecular complexity index is 1470. The fraction of sp³-hybridized carbons (Fsp3) is 0.568. The van der Waals surface area contributed by atoms with Gasteiger partial charge in [-0.25, -0.2) is 0 Å². The number of rotatable bonds is 16. The molecule has 4 nitrogen and oxygen atoms in total. The Balaban J connectivity index is 1.25. The first-order valence-corrected chi connectivity index (χ1v) is 19.0. The number of aryl methyl sites for hydroxylation is 2. The standard InChI is InChI=1S/C44H58O4/c1-5-12-35-23-24-37(29-43(35)48-4)44(47)31(3)27-38-28-36(42(46)17-8-6-7-14-34-15-11-18-41(34)45)25-26-40(38)33-21-19-32(20-22-33)39-16-10-9-13-30(39)2/h9-10,13,16,23-26,28-29,31-34,38,40H,5-8,11-12,14-15,17-22,27H2,1-4H3. The summed E-state index contributed by atoms with van der Waals surface area (Å²) < 4.78 is 5.66. The summed E-state index contributed by atoms with van der Waals surface area (Å²) >= 11 is 0. The van der Waals surface area contributed by atoms with Crippen LogP contribution < -0.4 is 4.74 Å². The molecule has 4 heteroatoms. The number of ketones is 3. The second-order valence-corrected chi connectivity index (χ2v) is 15.0. The number of Topliss-reactive ketones (excluding diaryl/α,β-unsaturated/α-hetero) is 3. The van der Waals surface area contributed by atoms with Crippen LogP contribution in [0, 0.1) is 36.5 Å². The molecule has 0 saturated heterocycles. The lowest BCUT2D eigenvalue weighted by Gasteiger charge is -2.38. The molecule has 5 rings (SSSR count). The van der Waals surface area contributed by atoms with Gasteiger partial charge in [-0.2, -0.15) is 0 Å². The third kappa shape index (κ3) is 9.04. The Morgan fingerprint density at radius 3 is 2.48 bits per heavy atom. The third-order valence-corrected chi connectivity index (χ3v) is 11.7. The lowest BCUT2D eigenvalue weighted by Crippen LogP contribution is -2.29. The van der Waals surface area contributed by atoms with Crippen molar-refractivity contribution in [2.45, 2.75) is 123 Å². The normalized spacial score (nSPS) is 24.7. The van der Waals surface area contributed by atoms with E-state index in [4.69, 9.17) is 4.74 Å². The highest BCUT2D eigenvalue weighted by molar-refractivity contribution is 5.99. The van der Waals surface area contributed by atoms with E-state index in [1.807, 2.05) is 18.2 Å². The summed E-state index contributed by atoms with van der Waals surface area (Å²) in [6.07, 6.45) is 21.3. The van der Waals surface area contributed by atoms with Gasteiger partial charge in [0.1, 0.15) is 11.5 Å². The summed E-state index contributed by atoms with van der Waals surface area (Å²) in [5.74, 6) is 3.33. The Morgan fingerprint density at radius 1 is 0.979 bits per heavy atom. The molecule has 2 aromatic rings. The van der Waals surface area contributed by atoms with E-state index in [1.54, 1.807) is 7.11 Å². The van der Waals surface area contributed by atoms with E-state index < -0.39 is 0 Å². The number of carbonyl (C=O) groups is 3. The van der Waals surface area contributed by atoms with E-state index in [1.165, 1.54) is 36.8 Å². The van der Waals surface area contributed by atoms with Gasteiger partial charge < -0.3 is 4.74 Å². The average Bonchev–Trinajstić information content (AvgIpc) is 3.52. The second-order valence-electron chi connectivity index (χ2n) is 15.0. The summed E-state index contributed by atoms with van der Waals surface area (Å²) in [6.45, 7) is 6.44. The number of hydrogen-bond acceptors (Lipinski definition) is 4. The van der Waals surface area contributed by atoms with Crippen LogP contribution in [0.3, 0.4) is 0 Å². The van der Waals surface area contributed by atoms with Crippen molar-refractivity contribution in [2.24, 2.45) is 29.6 Å². The van der Waals surface area contributed by atoms with Gasteiger partial charge in [0.15, 0.2) is 11.6 Å². The van der Waals surface area contributed by atoms with Crippen LogP contribution in [-0.2, 0) is 16.0 Å². The van der Waals surface area contributed by atoms with Crippen molar-refractivity contribution in [3.05, 3.63) is 88.5 Å². The van der Waals surface area contributed by atoms with Crippen molar-refractivity contribution in [2.75, 3.05) is 7.11 Å². The van der Waals surface area contributed by atoms with E-state index >= 15 is 0 Å². The van der Waals surface area contributed by atoms with Gasteiger partial charge in [-0.3, -0.25) is 14.4 Å². The maximum absolute atomic E-state index is 13.8. The minimum Gasteiger partial charge on any atom is -0.496 e. The molecular formula is C44H58O4. The zero-order valence-electron chi connectivity index (χ0n) is 30.0. The number of unbranched alkanes of at least 4 members (excludes halogenated alkanes) is 2. The van der Waals surface area contributed by atoms with Gasteiger partial charge in [0.25, 0.3) is 0 Å². The van der Waals surface area contributed by atoms with Gasteiger partial charge in [0, 0.05) is 35.8 Å². The quantitative estimate of drug-likeness (QED) is 0.134. The highest BCUT2D eigenvalue weighted by Gasteiger charge is 2.35. The monoisotopic (exact) mass is 650 g/mol. The molecule has 4 unspecified atom stereocenters. The van der Waals surface area contributed by atoms with E-state index in [2.05, 4.69) is 63.3 Å². The molecule has 3 aliphatic rings. The Kier molecular flexibility index (Phi) is 13.1. The fourth-order valence-corrected chi connectivity index (χ4v) is 8.90. The van der Waals surface area contributed by atoms with Crippen molar-refractivity contribution < 1.29 is 19.1 Å². The van der Waals surface area contributed by atoms with Crippen molar-refractivity contribution in [1.82, 2.24) is 0 Å². The molecule has 4 atom stereocenters. The summed E-state index contributed by atoms with van der Waals surface area (Å²) in [5, 5.41) is 0. The summed E-state index contributed by atoms with van der Waals surface area (Å²) in [4.78, 5) is 39.3. The molecule has 0 aromatic heterocycles. The molecule has 0 spiro atoms. The summed E-state index contributed by atoms with van der Waals surface area (Å²) in [7, 11) is 1.68. The topological polar surface area (TPSA) is 60.4 Å². The SMILES string of the molecule is CCCc1ccc(C(=O)C(C)CC2C=C(C(=O)CCCCCC3CCCC3=O)C=CC2C2CCC(c3ccccc3C)CC2)cc1OC. The average molecular weight is 651 g/mol. The van der Waals surface area contributed by atoms with E-state index in [-0.39, 0.29) is 29.3 Å². The van der Waals surface area contributed by atoms with Gasteiger partial charge in [0.2, 0.25) is 0 Å². The number of allylic oxidation sites excluding steroid dienone is 4. The molecule has 0 heterocycles. The first-order chi connectivity index (χ1) is 23.3.